The number of imidazole rings is 1. The molecule has 0 amide bonds. The van der Waals surface area contributed by atoms with Crippen molar-refractivity contribution in [2.45, 2.75) is 60.2 Å². The standard InChI is InChI=1S/C35H26N5O.C19H20NOSi.Ir/c1-19(2)31-24-12-7-5-10-22(24)23-11-6-8-13-25(23)32(31)40-30-18-36-20(3)16-29(30)39-34(40)27-15-9-14-26-28-17-37-21(4)38-35(28)41-33(26)27;1-14-10-11-18(21-14)16-12-17(15-8-6-5-7-9-15)20-13-19(16)22(2,3)4;/h5-14,16-19H,1-4H3;5-8,10-13H,1-4H3;/q2*-1;. The quantitative estimate of drug-likeness (QED) is 0.0930. The van der Waals surface area contributed by atoms with Gasteiger partial charge in [-0.1, -0.05) is 99.0 Å². The zero-order valence-corrected chi connectivity index (χ0v) is 40.4. The van der Waals surface area contributed by atoms with E-state index in [1.807, 2.05) is 94.0 Å². The van der Waals surface area contributed by atoms with Crippen LogP contribution in [-0.4, -0.2) is 37.6 Å². The van der Waals surface area contributed by atoms with Gasteiger partial charge in [0.2, 0.25) is 5.71 Å². The van der Waals surface area contributed by atoms with Crippen LogP contribution in [0.3, 0.4) is 0 Å². The summed E-state index contributed by atoms with van der Waals surface area (Å²) in [5.74, 6) is 3.52. The van der Waals surface area contributed by atoms with Crippen LogP contribution in [0.25, 0.3) is 94.3 Å². The fourth-order valence-electron chi connectivity index (χ4n) is 8.76. The predicted octanol–water partition coefficient (Wildman–Crippen LogP) is 13.3. The van der Waals surface area contributed by atoms with Crippen LogP contribution in [-0.2, 0) is 20.1 Å². The third-order valence-corrected chi connectivity index (χ3v) is 13.7. The smallest absolute Gasteiger partial charge is 0.219 e. The van der Waals surface area contributed by atoms with Crippen molar-refractivity contribution in [1.29, 1.82) is 0 Å². The third-order valence-electron chi connectivity index (χ3n) is 11.7. The molecule has 0 atom stereocenters. The van der Waals surface area contributed by atoms with Gasteiger partial charge in [0.15, 0.2) is 0 Å². The summed E-state index contributed by atoms with van der Waals surface area (Å²) in [4.78, 5) is 23.6. The average Bonchev–Trinajstić information content (AvgIpc) is 4.00. The number of nitrogens with zero attached hydrogens (tertiary/aromatic N) is 6. The Bertz CT molecular complexity index is 3530. The molecule has 0 aliphatic heterocycles. The summed E-state index contributed by atoms with van der Waals surface area (Å²) in [5.41, 5.74) is 10.2. The maximum absolute atomic E-state index is 6.41. The number of hydrogen-bond acceptors (Lipinski definition) is 7. The summed E-state index contributed by atoms with van der Waals surface area (Å²) < 4.78 is 14.6. The van der Waals surface area contributed by atoms with Crippen molar-refractivity contribution in [3.63, 3.8) is 0 Å². The van der Waals surface area contributed by atoms with Crippen LogP contribution in [0.1, 0.15) is 42.6 Å². The van der Waals surface area contributed by atoms with E-state index in [4.69, 9.17) is 18.8 Å². The number of rotatable bonds is 6. The van der Waals surface area contributed by atoms with Gasteiger partial charge in [0, 0.05) is 54.5 Å². The second-order valence-electron chi connectivity index (χ2n) is 17.5. The van der Waals surface area contributed by atoms with E-state index >= 15 is 0 Å². The van der Waals surface area contributed by atoms with E-state index in [9.17, 15) is 0 Å². The van der Waals surface area contributed by atoms with Crippen molar-refractivity contribution >= 4 is 67.9 Å². The molecule has 1 radical (unpaired) electrons. The van der Waals surface area contributed by atoms with Crippen LogP contribution in [0, 0.1) is 32.9 Å². The number of fused-ring (bicyclic) bond motifs is 7. The van der Waals surface area contributed by atoms with Gasteiger partial charge in [-0.15, -0.1) is 54.1 Å². The number of furan rings is 2. The minimum atomic E-state index is -1.51. The molecule has 6 aromatic heterocycles. The van der Waals surface area contributed by atoms with E-state index in [1.165, 1.54) is 26.9 Å². The molecule has 10 heteroatoms. The molecule has 6 heterocycles. The Hall–Kier alpha value is -6.58. The molecule has 64 heavy (non-hydrogen) atoms. The first-order chi connectivity index (χ1) is 30.4. The molecule has 0 aliphatic carbocycles. The van der Waals surface area contributed by atoms with Crippen LogP contribution in [0.5, 0.6) is 0 Å². The van der Waals surface area contributed by atoms with E-state index in [-0.39, 0.29) is 26.0 Å². The van der Waals surface area contributed by atoms with Crippen LogP contribution >= 0.6 is 0 Å². The van der Waals surface area contributed by atoms with E-state index in [1.54, 1.807) is 0 Å². The third kappa shape index (κ3) is 7.55. The summed E-state index contributed by atoms with van der Waals surface area (Å²) in [5, 5.41) is 7.98. The SMILES string of the molecule is Cc1cc2nc(-c3[c-]ccc4c3oc3nc(C)ncc34)n(-c3c(C(C)C)c4ccccc4c4ccccc34)c2cn1.Cc1ccc(-c2cc(-c3[c-]cccc3)ncc2[Si](C)(C)C)o1.[Ir]. The van der Waals surface area contributed by atoms with Gasteiger partial charge < -0.3 is 18.4 Å². The van der Waals surface area contributed by atoms with Crippen LogP contribution in [0.4, 0.5) is 0 Å². The van der Waals surface area contributed by atoms with E-state index in [0.717, 1.165) is 78.3 Å². The molecule has 0 fully saturated rings. The maximum Gasteiger partial charge on any atom is 0.219 e. The van der Waals surface area contributed by atoms with Gasteiger partial charge in [-0.25, -0.2) is 4.98 Å². The van der Waals surface area contributed by atoms with Crippen molar-refractivity contribution in [1.82, 2.24) is 29.5 Å². The fourth-order valence-corrected chi connectivity index (χ4v) is 10.2. The molecule has 0 unspecified atom stereocenters. The van der Waals surface area contributed by atoms with E-state index < -0.39 is 8.07 Å². The van der Waals surface area contributed by atoms with E-state index in [0.29, 0.717) is 17.1 Å². The summed E-state index contributed by atoms with van der Waals surface area (Å²) in [6.07, 6.45) is 5.79. The number of aryl methyl sites for hydroxylation is 3. The van der Waals surface area contributed by atoms with Crippen LogP contribution in [0.15, 0.2) is 137 Å². The van der Waals surface area contributed by atoms with Gasteiger partial charge in [-0.05, 0) is 77.5 Å². The summed E-state index contributed by atoms with van der Waals surface area (Å²) in [6, 6.07) is 44.2. The van der Waals surface area contributed by atoms with Gasteiger partial charge >= 0.3 is 0 Å². The first kappa shape index (κ1) is 42.7. The molecular formula is C54H46IrN6O2Si-2. The van der Waals surface area contributed by atoms with Gasteiger partial charge in [-0.3, -0.25) is 9.97 Å². The maximum atomic E-state index is 6.41. The molecular weight excluding hydrogens is 985 g/mol. The zero-order chi connectivity index (χ0) is 43.6. The van der Waals surface area contributed by atoms with Crippen molar-refractivity contribution in [2.75, 3.05) is 0 Å². The summed E-state index contributed by atoms with van der Waals surface area (Å²) in [6.45, 7) is 17.4. The van der Waals surface area contributed by atoms with Crippen LogP contribution in [0.2, 0.25) is 19.6 Å². The molecule has 0 spiro atoms. The molecule has 319 valence electrons. The Morgan fingerprint density at radius 1 is 0.656 bits per heavy atom. The molecule has 0 N–H and O–H groups in total. The minimum absolute atomic E-state index is 0. The van der Waals surface area contributed by atoms with Gasteiger partial charge in [0.1, 0.15) is 17.3 Å². The van der Waals surface area contributed by atoms with Crippen molar-refractivity contribution in [2.24, 2.45) is 0 Å². The van der Waals surface area contributed by atoms with Crippen LogP contribution < -0.4 is 5.19 Å². The first-order valence-electron chi connectivity index (χ1n) is 21.3. The topological polar surface area (TPSA) is 95.7 Å². The predicted molar refractivity (Wildman–Crippen MR) is 259 cm³/mol. The Kier molecular flexibility index (Phi) is 11.2. The van der Waals surface area contributed by atoms with Gasteiger partial charge in [0.05, 0.1) is 42.4 Å². The summed E-state index contributed by atoms with van der Waals surface area (Å²) >= 11 is 0. The molecule has 0 aliphatic rings. The largest absolute Gasteiger partial charge is 0.486 e. The van der Waals surface area contributed by atoms with Crippen molar-refractivity contribution < 1.29 is 28.9 Å². The Morgan fingerprint density at radius 2 is 1.39 bits per heavy atom. The second-order valence-corrected chi connectivity index (χ2v) is 22.5. The monoisotopic (exact) mass is 1030 g/mol. The molecule has 8 nitrogen and oxygen atoms in total. The summed E-state index contributed by atoms with van der Waals surface area (Å²) in [7, 11) is -1.51. The normalized spacial score (nSPS) is 11.8. The van der Waals surface area contributed by atoms with Gasteiger partial charge in [-0.2, -0.15) is 4.98 Å². The molecule has 0 saturated carbocycles. The Morgan fingerprint density at radius 3 is 2.09 bits per heavy atom. The number of aromatic nitrogens is 6. The van der Waals surface area contributed by atoms with Crippen molar-refractivity contribution in [3.8, 4) is 39.7 Å². The van der Waals surface area contributed by atoms with E-state index in [2.05, 4.69) is 120 Å². The molecule has 11 aromatic rings. The first-order valence-corrected chi connectivity index (χ1v) is 24.8. The molecule has 11 rings (SSSR count). The number of benzene rings is 5. The minimum Gasteiger partial charge on any atom is -0.486 e. The average molecular weight is 1030 g/mol. The Labute approximate surface area is 386 Å². The molecule has 5 aromatic carbocycles. The number of hydrogen-bond donors (Lipinski definition) is 0. The van der Waals surface area contributed by atoms with Gasteiger partial charge in [0.25, 0.3) is 0 Å². The fraction of sp³-hybridized carbons (Fsp3) is 0.167. The Balaban J connectivity index is 0.000000191. The van der Waals surface area contributed by atoms with Crippen molar-refractivity contribution in [3.05, 3.63) is 163 Å². The number of pyridine rings is 2. The molecule has 0 bridgehead atoms. The molecule has 0 saturated heterocycles. The zero-order valence-electron chi connectivity index (χ0n) is 37.0. The second kappa shape index (κ2) is 16.8.